The van der Waals surface area contributed by atoms with Gasteiger partial charge in [-0.25, -0.2) is 18.9 Å². The molecule has 0 fully saturated rings. The largest absolute Gasteiger partial charge is 0.457 e. The molecule has 0 aliphatic heterocycles. The van der Waals surface area contributed by atoms with Crippen molar-refractivity contribution in [3.8, 4) is 23.3 Å². The molecular weight excluding hydrogens is 461 g/mol. The maximum absolute atomic E-state index is 14.7. The molecule has 0 atom stereocenters. The number of ether oxygens (including phenoxy) is 1. The zero-order valence-corrected chi connectivity index (χ0v) is 19.9. The van der Waals surface area contributed by atoms with E-state index in [2.05, 4.69) is 26.8 Å². The SMILES string of the molecule is CC(C)(C)c1cc(NC(=O)Nc2ccc(Oc3ccnc(N)c3)cc2F)n(-c2cccc(C#N)c2)n1. The topological polar surface area (TPSA) is 131 Å². The number of carbonyl (C=O) groups excluding carboxylic acids is 1. The predicted molar refractivity (Wildman–Crippen MR) is 135 cm³/mol. The van der Waals surface area contributed by atoms with E-state index in [1.54, 1.807) is 36.4 Å². The molecule has 0 saturated carbocycles. The molecule has 9 nitrogen and oxygen atoms in total. The number of nitriles is 1. The Bertz CT molecular complexity index is 1470. The summed E-state index contributed by atoms with van der Waals surface area (Å²) >= 11 is 0. The van der Waals surface area contributed by atoms with Gasteiger partial charge in [-0.1, -0.05) is 26.8 Å². The fraction of sp³-hybridized carbons (Fsp3) is 0.154. The Balaban J connectivity index is 1.54. The highest BCUT2D eigenvalue weighted by Crippen LogP contribution is 2.28. The maximum Gasteiger partial charge on any atom is 0.324 e. The van der Waals surface area contributed by atoms with E-state index < -0.39 is 11.8 Å². The molecule has 4 N–H and O–H groups in total. The van der Waals surface area contributed by atoms with Gasteiger partial charge in [0.2, 0.25) is 0 Å². The zero-order valence-electron chi connectivity index (χ0n) is 19.9. The van der Waals surface area contributed by atoms with E-state index in [0.29, 0.717) is 22.8 Å². The van der Waals surface area contributed by atoms with Crippen LogP contribution in [-0.2, 0) is 5.41 Å². The van der Waals surface area contributed by atoms with Crippen molar-refractivity contribution in [2.75, 3.05) is 16.4 Å². The lowest BCUT2D eigenvalue weighted by Gasteiger charge is -2.14. The number of nitrogens with one attached hydrogen (secondary N) is 2. The molecule has 0 aliphatic carbocycles. The van der Waals surface area contributed by atoms with Crippen molar-refractivity contribution < 1.29 is 13.9 Å². The summed E-state index contributed by atoms with van der Waals surface area (Å²) < 4.78 is 21.8. The van der Waals surface area contributed by atoms with Gasteiger partial charge in [0, 0.05) is 29.8 Å². The number of anilines is 3. The summed E-state index contributed by atoms with van der Waals surface area (Å²) in [7, 11) is 0. The van der Waals surface area contributed by atoms with Crippen molar-refractivity contribution >= 4 is 23.4 Å². The van der Waals surface area contributed by atoms with Crippen molar-refractivity contribution in [2.24, 2.45) is 0 Å². The smallest absolute Gasteiger partial charge is 0.324 e. The summed E-state index contributed by atoms with van der Waals surface area (Å²) in [6.07, 6.45) is 1.48. The van der Waals surface area contributed by atoms with Crippen LogP contribution in [0.25, 0.3) is 5.69 Å². The Labute approximate surface area is 207 Å². The normalized spacial score (nSPS) is 11.0. The molecule has 182 valence electrons. The summed E-state index contributed by atoms with van der Waals surface area (Å²) in [5.41, 5.74) is 7.07. The van der Waals surface area contributed by atoms with Crippen LogP contribution >= 0.6 is 0 Å². The van der Waals surface area contributed by atoms with Gasteiger partial charge in [-0.2, -0.15) is 10.4 Å². The second-order valence-electron chi connectivity index (χ2n) is 8.98. The number of amides is 2. The molecule has 4 rings (SSSR count). The molecule has 2 amide bonds. The maximum atomic E-state index is 14.7. The minimum atomic E-state index is -0.685. The van der Waals surface area contributed by atoms with E-state index in [1.165, 1.54) is 29.1 Å². The molecule has 36 heavy (non-hydrogen) atoms. The highest BCUT2D eigenvalue weighted by atomic mass is 19.1. The second-order valence-corrected chi connectivity index (χ2v) is 8.98. The molecule has 2 heterocycles. The second kappa shape index (κ2) is 9.76. The Morgan fingerprint density at radius 2 is 1.86 bits per heavy atom. The molecule has 0 aliphatic rings. The van der Waals surface area contributed by atoms with Gasteiger partial charge in [0.25, 0.3) is 0 Å². The van der Waals surface area contributed by atoms with Crippen LogP contribution in [0.3, 0.4) is 0 Å². The van der Waals surface area contributed by atoms with Crippen molar-refractivity contribution in [1.29, 1.82) is 5.26 Å². The number of nitrogens with two attached hydrogens (primary N) is 1. The molecule has 2 aromatic heterocycles. The van der Waals surface area contributed by atoms with E-state index in [1.807, 2.05) is 20.8 Å². The first kappa shape index (κ1) is 24.2. The first-order valence-electron chi connectivity index (χ1n) is 11.0. The van der Waals surface area contributed by atoms with Crippen molar-refractivity contribution in [2.45, 2.75) is 26.2 Å². The highest BCUT2D eigenvalue weighted by molar-refractivity contribution is 5.99. The fourth-order valence-electron chi connectivity index (χ4n) is 3.30. The molecule has 0 bridgehead atoms. The molecule has 0 unspecified atom stereocenters. The number of pyridine rings is 1. The third-order valence-corrected chi connectivity index (χ3v) is 5.12. The number of carbonyl (C=O) groups is 1. The number of nitrogens with zero attached hydrogens (tertiary/aromatic N) is 4. The number of rotatable bonds is 5. The van der Waals surface area contributed by atoms with Crippen LogP contribution in [0.1, 0.15) is 32.0 Å². The quantitative estimate of drug-likeness (QED) is 0.337. The van der Waals surface area contributed by atoms with Crippen molar-refractivity contribution in [1.82, 2.24) is 14.8 Å². The summed E-state index contributed by atoms with van der Waals surface area (Å²) in [5.74, 6) is 0.590. The van der Waals surface area contributed by atoms with Crippen LogP contribution in [0.2, 0.25) is 0 Å². The van der Waals surface area contributed by atoms with Gasteiger partial charge in [-0.15, -0.1) is 0 Å². The minimum absolute atomic E-state index is 0.0392. The fourth-order valence-corrected chi connectivity index (χ4v) is 3.30. The van der Waals surface area contributed by atoms with Crippen LogP contribution in [0.4, 0.5) is 26.5 Å². The van der Waals surface area contributed by atoms with Crippen LogP contribution in [0.5, 0.6) is 11.5 Å². The molecule has 2 aromatic carbocycles. The van der Waals surface area contributed by atoms with E-state index in [4.69, 9.17) is 10.5 Å². The van der Waals surface area contributed by atoms with E-state index in [9.17, 15) is 14.4 Å². The number of benzene rings is 2. The van der Waals surface area contributed by atoms with Gasteiger partial charge >= 0.3 is 6.03 Å². The lowest BCUT2D eigenvalue weighted by molar-refractivity contribution is 0.262. The average molecular weight is 486 g/mol. The Morgan fingerprint density at radius 1 is 1.08 bits per heavy atom. The molecular formula is C26H24FN7O2. The lowest BCUT2D eigenvalue weighted by atomic mass is 9.92. The van der Waals surface area contributed by atoms with E-state index in [-0.39, 0.29) is 22.7 Å². The third kappa shape index (κ3) is 5.59. The minimum Gasteiger partial charge on any atom is -0.457 e. The first-order valence-corrected chi connectivity index (χ1v) is 11.0. The van der Waals surface area contributed by atoms with Gasteiger partial charge in [0.15, 0.2) is 0 Å². The zero-order chi connectivity index (χ0) is 25.9. The number of hydrogen-bond acceptors (Lipinski definition) is 6. The van der Waals surface area contributed by atoms with Gasteiger partial charge < -0.3 is 15.8 Å². The van der Waals surface area contributed by atoms with Gasteiger partial charge in [-0.3, -0.25) is 5.32 Å². The Kier molecular flexibility index (Phi) is 6.56. The van der Waals surface area contributed by atoms with Crippen LogP contribution in [0, 0.1) is 17.1 Å². The summed E-state index contributed by atoms with van der Waals surface area (Å²) in [6, 6.07) is 17.2. The number of hydrogen-bond donors (Lipinski definition) is 3. The van der Waals surface area contributed by atoms with Crippen LogP contribution < -0.4 is 21.1 Å². The summed E-state index contributed by atoms with van der Waals surface area (Å²) in [6.45, 7) is 5.98. The molecule has 0 radical (unpaired) electrons. The number of aromatic nitrogens is 3. The van der Waals surface area contributed by atoms with E-state index >= 15 is 0 Å². The Morgan fingerprint density at radius 3 is 2.56 bits per heavy atom. The van der Waals surface area contributed by atoms with Crippen molar-refractivity contribution in [3.05, 3.63) is 83.9 Å². The van der Waals surface area contributed by atoms with Gasteiger partial charge in [0.05, 0.1) is 28.7 Å². The monoisotopic (exact) mass is 485 g/mol. The lowest BCUT2D eigenvalue weighted by Crippen LogP contribution is -2.22. The number of urea groups is 1. The molecule has 0 spiro atoms. The first-order chi connectivity index (χ1) is 17.1. The third-order valence-electron chi connectivity index (χ3n) is 5.12. The number of nitrogen functional groups attached to an aromatic ring is 1. The summed E-state index contributed by atoms with van der Waals surface area (Å²) in [5, 5.41) is 19.1. The van der Waals surface area contributed by atoms with Crippen LogP contribution in [0.15, 0.2) is 66.9 Å². The van der Waals surface area contributed by atoms with Crippen LogP contribution in [-0.4, -0.2) is 20.8 Å². The van der Waals surface area contributed by atoms with Gasteiger partial charge in [-0.05, 0) is 36.4 Å². The van der Waals surface area contributed by atoms with E-state index in [0.717, 1.165) is 11.8 Å². The summed E-state index contributed by atoms with van der Waals surface area (Å²) in [4.78, 5) is 16.7. The predicted octanol–water partition coefficient (Wildman–Crippen LogP) is 5.59. The van der Waals surface area contributed by atoms with Crippen molar-refractivity contribution in [3.63, 3.8) is 0 Å². The molecule has 0 saturated heterocycles. The standard InChI is InChI=1S/C26H24FN7O2/c1-26(2,3)22-14-24(34(33-22)17-6-4-5-16(11-17)15-28)32-25(35)31-21-8-7-18(12-20(21)27)36-19-9-10-30-23(29)13-19/h4-14H,1-3H3,(H2,29,30)(H2,31,32,35). The number of halogens is 1. The molecule has 10 heteroatoms. The highest BCUT2D eigenvalue weighted by Gasteiger charge is 2.22. The Hall–Kier alpha value is -4.91. The average Bonchev–Trinajstić information content (AvgIpc) is 3.25. The molecule has 4 aromatic rings. The van der Waals surface area contributed by atoms with Gasteiger partial charge in [0.1, 0.15) is 29.0 Å².